The third-order valence-corrected chi connectivity index (χ3v) is 1.86. The summed E-state index contributed by atoms with van der Waals surface area (Å²) in [6.45, 7) is 1.64. The minimum absolute atomic E-state index is 0.277. The number of rotatable bonds is 3. The van der Waals surface area contributed by atoms with Gasteiger partial charge in [-0.25, -0.2) is 0 Å². The van der Waals surface area contributed by atoms with Crippen molar-refractivity contribution in [2.45, 2.75) is 6.92 Å². The summed E-state index contributed by atoms with van der Waals surface area (Å²) in [5.74, 6) is 2.30. The molecule has 0 aliphatic heterocycles. The van der Waals surface area contributed by atoms with E-state index in [0.29, 0.717) is 17.4 Å². The van der Waals surface area contributed by atoms with Crippen molar-refractivity contribution in [1.82, 2.24) is 5.32 Å². The van der Waals surface area contributed by atoms with Crippen LogP contribution in [0.5, 0.6) is 0 Å². The summed E-state index contributed by atoms with van der Waals surface area (Å²) in [5.41, 5.74) is 1.17. The van der Waals surface area contributed by atoms with Crippen molar-refractivity contribution in [1.29, 1.82) is 0 Å². The number of carbonyl (C=O) groups is 2. The minimum Gasteiger partial charge on any atom is -0.299 e. The van der Waals surface area contributed by atoms with Crippen LogP contribution in [0.1, 0.15) is 22.8 Å². The number of amides is 1. The van der Waals surface area contributed by atoms with Crippen molar-refractivity contribution >= 4 is 18.3 Å². The fourth-order valence-electron chi connectivity index (χ4n) is 1.18. The maximum atomic E-state index is 11.7. The highest BCUT2D eigenvalue weighted by molar-refractivity contribution is 5.99. The molecule has 1 N–H and O–H groups in total. The van der Waals surface area contributed by atoms with E-state index in [1.165, 1.54) is 6.08 Å². The van der Waals surface area contributed by atoms with Gasteiger partial charge in [-0.1, -0.05) is 30.2 Å². The Morgan fingerprint density at radius 2 is 2.12 bits per heavy atom. The molecule has 0 unspecified atom stereocenters. The van der Waals surface area contributed by atoms with Gasteiger partial charge in [0, 0.05) is 11.6 Å². The molecule has 0 radical (unpaired) electrons. The third-order valence-electron chi connectivity index (χ3n) is 1.86. The average molecular weight is 213 g/mol. The predicted molar refractivity (Wildman–Crippen MR) is 62.5 cm³/mol. The number of nitrogens with one attached hydrogen (secondary N) is 1. The van der Waals surface area contributed by atoms with Gasteiger partial charge in [-0.15, -0.1) is 0 Å². The Balaban J connectivity index is 3.01. The highest BCUT2D eigenvalue weighted by Gasteiger charge is 2.06. The Bertz CT molecular complexity index is 478. The molecule has 0 aliphatic rings. The zero-order valence-electron chi connectivity index (χ0n) is 8.86. The number of carbonyl (C=O) groups excluding carboxylic acids is 2. The van der Waals surface area contributed by atoms with E-state index >= 15 is 0 Å². The van der Waals surface area contributed by atoms with Crippen LogP contribution < -0.4 is 5.32 Å². The molecule has 0 aliphatic carbocycles. The minimum atomic E-state index is -0.277. The van der Waals surface area contributed by atoms with Gasteiger partial charge in [-0.3, -0.25) is 14.9 Å². The van der Waals surface area contributed by atoms with Crippen molar-refractivity contribution in [3.05, 3.63) is 41.5 Å². The molecule has 0 heterocycles. The van der Waals surface area contributed by atoms with Gasteiger partial charge in [-0.2, -0.15) is 0 Å². The second-order valence-electron chi connectivity index (χ2n) is 2.91. The molecule has 0 saturated carbocycles. The molecule has 80 valence electrons. The monoisotopic (exact) mass is 213 g/mol. The van der Waals surface area contributed by atoms with Gasteiger partial charge in [0.1, 0.15) is 6.29 Å². The molecule has 0 atom stereocenters. The molecule has 0 saturated heterocycles. The van der Waals surface area contributed by atoms with E-state index in [0.717, 1.165) is 0 Å². The molecule has 1 rings (SSSR count). The highest BCUT2D eigenvalue weighted by atomic mass is 16.1. The van der Waals surface area contributed by atoms with Crippen molar-refractivity contribution < 1.29 is 9.59 Å². The average Bonchev–Trinajstić information content (AvgIpc) is 2.33. The fraction of sp³-hybridized carbons (Fsp3) is 0.0769. The van der Waals surface area contributed by atoms with Crippen LogP contribution in [0.4, 0.5) is 0 Å². The van der Waals surface area contributed by atoms with Crippen LogP contribution in [0.25, 0.3) is 6.08 Å². The molecular weight excluding hydrogens is 202 g/mol. The zero-order chi connectivity index (χ0) is 11.8. The highest BCUT2D eigenvalue weighted by Crippen LogP contribution is 2.10. The zero-order valence-corrected chi connectivity index (χ0v) is 8.86. The molecule has 1 amide bonds. The van der Waals surface area contributed by atoms with Gasteiger partial charge in [0.15, 0.2) is 0 Å². The number of benzene rings is 1. The molecule has 3 nitrogen and oxygen atoms in total. The summed E-state index contributed by atoms with van der Waals surface area (Å²) in [7, 11) is 0. The van der Waals surface area contributed by atoms with E-state index in [-0.39, 0.29) is 5.91 Å². The lowest BCUT2D eigenvalue weighted by atomic mass is 10.1. The largest absolute Gasteiger partial charge is 0.299 e. The van der Waals surface area contributed by atoms with Crippen molar-refractivity contribution in [2.75, 3.05) is 0 Å². The Morgan fingerprint density at radius 3 is 2.81 bits per heavy atom. The molecule has 16 heavy (non-hydrogen) atoms. The molecule has 3 heteroatoms. The first-order valence-corrected chi connectivity index (χ1v) is 4.72. The normalized spacial score (nSPS) is 9.31. The van der Waals surface area contributed by atoms with Gasteiger partial charge in [0.2, 0.25) is 0 Å². The Hall–Kier alpha value is -2.34. The van der Waals surface area contributed by atoms with E-state index in [4.69, 9.17) is 0 Å². The summed E-state index contributed by atoms with van der Waals surface area (Å²) in [5, 5.41) is 2.44. The van der Waals surface area contributed by atoms with Crippen LogP contribution in [-0.4, -0.2) is 12.2 Å². The first kappa shape index (κ1) is 11.7. The lowest BCUT2D eigenvalue weighted by Gasteiger charge is -2.02. The smallest absolute Gasteiger partial charge is 0.263 e. The van der Waals surface area contributed by atoms with Gasteiger partial charge < -0.3 is 0 Å². The molecule has 0 spiro atoms. The lowest BCUT2D eigenvalue weighted by molar-refractivity contribution is -0.104. The second-order valence-corrected chi connectivity index (χ2v) is 2.91. The quantitative estimate of drug-likeness (QED) is 0.359. The van der Waals surface area contributed by atoms with Crippen molar-refractivity contribution in [2.24, 2.45) is 0 Å². The first-order valence-electron chi connectivity index (χ1n) is 4.72. The number of aldehydes is 1. The summed E-state index contributed by atoms with van der Waals surface area (Å²) < 4.78 is 0. The van der Waals surface area contributed by atoms with Crippen LogP contribution in [0.2, 0.25) is 0 Å². The molecule has 0 aromatic heterocycles. The van der Waals surface area contributed by atoms with Crippen molar-refractivity contribution in [3.8, 4) is 12.0 Å². The van der Waals surface area contributed by atoms with Gasteiger partial charge in [0.25, 0.3) is 5.91 Å². The molecule has 1 aromatic carbocycles. The van der Waals surface area contributed by atoms with Gasteiger partial charge >= 0.3 is 0 Å². The summed E-state index contributed by atoms with van der Waals surface area (Å²) in [6, 6.07) is 9.48. The summed E-state index contributed by atoms with van der Waals surface area (Å²) in [6.07, 6.45) is 3.60. The van der Waals surface area contributed by atoms with Crippen molar-refractivity contribution in [3.63, 3.8) is 0 Å². The third kappa shape index (κ3) is 3.10. The number of hydrogen-bond acceptors (Lipinski definition) is 2. The Labute approximate surface area is 94.2 Å². The van der Waals surface area contributed by atoms with Crippen LogP contribution in [0.15, 0.2) is 30.3 Å². The van der Waals surface area contributed by atoms with Gasteiger partial charge in [0.05, 0.1) is 0 Å². The molecule has 0 bridgehead atoms. The Kier molecular flexibility index (Phi) is 4.55. The number of allylic oxidation sites excluding steroid dienone is 1. The fourth-order valence-corrected chi connectivity index (χ4v) is 1.18. The van der Waals surface area contributed by atoms with Crippen LogP contribution in [0.3, 0.4) is 0 Å². The van der Waals surface area contributed by atoms with E-state index in [2.05, 4.69) is 17.3 Å². The standard InChI is InChI=1S/C13H11NO2/c1-2-9-14-13(16)12-8-4-3-6-11(12)7-5-10-15/h3-8,10H,1H3,(H,14,16)/b7-5+. The lowest BCUT2D eigenvalue weighted by Crippen LogP contribution is -2.18. The van der Waals surface area contributed by atoms with E-state index in [1.54, 1.807) is 37.3 Å². The molecule has 0 fully saturated rings. The first-order chi connectivity index (χ1) is 7.79. The summed E-state index contributed by atoms with van der Waals surface area (Å²) in [4.78, 5) is 21.9. The number of hydrogen-bond donors (Lipinski definition) is 1. The van der Waals surface area contributed by atoms with Crippen LogP contribution in [-0.2, 0) is 4.79 Å². The topological polar surface area (TPSA) is 46.2 Å². The Morgan fingerprint density at radius 1 is 1.38 bits per heavy atom. The van der Waals surface area contributed by atoms with E-state index in [9.17, 15) is 9.59 Å². The maximum Gasteiger partial charge on any atom is 0.263 e. The predicted octanol–water partition coefficient (Wildman–Crippen LogP) is 1.61. The molecule has 1 aromatic rings. The molecular formula is C13H11NO2. The maximum absolute atomic E-state index is 11.7. The second kappa shape index (κ2) is 6.20. The summed E-state index contributed by atoms with van der Waals surface area (Å²) >= 11 is 0. The van der Waals surface area contributed by atoms with E-state index in [1.807, 2.05) is 0 Å². The van der Waals surface area contributed by atoms with E-state index < -0.39 is 0 Å². The van der Waals surface area contributed by atoms with Gasteiger partial charge in [-0.05, 0) is 24.6 Å². The SMILES string of the molecule is CC#CNC(=O)c1ccccc1/C=C/C=O. The van der Waals surface area contributed by atoms with Crippen LogP contribution >= 0.6 is 0 Å². The van der Waals surface area contributed by atoms with Crippen LogP contribution in [0, 0.1) is 12.0 Å².